The normalized spacial score (nSPS) is 23.2. The van der Waals surface area contributed by atoms with Crippen LogP contribution >= 0.6 is 34.8 Å². The Balaban J connectivity index is 2.13. The number of amides is 1. The fourth-order valence-corrected chi connectivity index (χ4v) is 2.96. The minimum absolute atomic E-state index is 0.194. The van der Waals surface area contributed by atoms with Crippen molar-refractivity contribution in [1.29, 1.82) is 0 Å². The van der Waals surface area contributed by atoms with Crippen LogP contribution in [0.5, 0.6) is 5.75 Å². The minimum Gasteiger partial charge on any atom is -0.549 e. The van der Waals surface area contributed by atoms with Gasteiger partial charge in [0.15, 0.2) is 6.10 Å². The van der Waals surface area contributed by atoms with Crippen molar-refractivity contribution in [2.24, 2.45) is 5.92 Å². The lowest BCUT2D eigenvalue weighted by atomic mass is 9.82. The molecule has 25 heavy (non-hydrogen) atoms. The van der Waals surface area contributed by atoms with Gasteiger partial charge in [-0.2, -0.15) is 0 Å². The smallest absolute Gasteiger partial charge is 0.261 e. The Hall–Kier alpha value is -1.69. The number of hydrogen-bond acceptors (Lipinski definition) is 4. The van der Waals surface area contributed by atoms with Crippen LogP contribution in [0.25, 0.3) is 0 Å². The van der Waals surface area contributed by atoms with Gasteiger partial charge in [0.05, 0.1) is 26.6 Å². The molecule has 0 fully saturated rings. The fraction of sp³-hybridized carbons (Fsp3) is 0.294. The zero-order valence-electron chi connectivity index (χ0n) is 13.4. The molecule has 3 unspecified atom stereocenters. The number of hydrogen-bond donors (Lipinski definition) is 1. The lowest BCUT2D eigenvalue weighted by Gasteiger charge is -2.37. The van der Waals surface area contributed by atoms with Gasteiger partial charge in [0.1, 0.15) is 5.75 Å². The number of halogens is 3. The lowest BCUT2D eigenvalue weighted by Crippen LogP contribution is -2.57. The van der Waals surface area contributed by atoms with Crippen molar-refractivity contribution in [2.75, 3.05) is 0 Å². The monoisotopic (exact) mass is 402 g/mol. The van der Waals surface area contributed by atoms with Crippen LogP contribution in [-0.2, 0) is 9.59 Å². The highest BCUT2D eigenvalue weighted by Crippen LogP contribution is 2.34. The zero-order valence-corrected chi connectivity index (χ0v) is 15.7. The molecule has 1 aliphatic carbocycles. The van der Waals surface area contributed by atoms with Crippen LogP contribution < -0.4 is 15.2 Å². The first kappa shape index (κ1) is 19.6. The maximum atomic E-state index is 12.4. The lowest BCUT2D eigenvalue weighted by molar-refractivity contribution is -0.311. The van der Waals surface area contributed by atoms with Crippen LogP contribution in [0.15, 0.2) is 36.4 Å². The molecule has 1 aromatic rings. The summed E-state index contributed by atoms with van der Waals surface area (Å²) in [6.45, 7) is 3.10. The number of carboxylic acids is 1. The highest BCUT2D eigenvalue weighted by Gasteiger charge is 2.35. The summed E-state index contributed by atoms with van der Waals surface area (Å²) in [7, 11) is 0. The Morgan fingerprint density at radius 1 is 1.20 bits per heavy atom. The molecule has 3 atom stereocenters. The van der Waals surface area contributed by atoms with Gasteiger partial charge in [-0.3, -0.25) is 4.79 Å². The molecular weight excluding hydrogens is 389 g/mol. The molecule has 1 N–H and O–H groups in total. The summed E-state index contributed by atoms with van der Waals surface area (Å²) in [5.74, 6) is -2.61. The predicted molar refractivity (Wildman–Crippen MR) is 94.9 cm³/mol. The Kier molecular flexibility index (Phi) is 6.03. The van der Waals surface area contributed by atoms with Crippen molar-refractivity contribution < 1.29 is 19.4 Å². The molecule has 0 radical (unpaired) electrons. The molecule has 1 aliphatic rings. The van der Waals surface area contributed by atoms with Crippen molar-refractivity contribution in [3.05, 3.63) is 51.5 Å². The first-order valence-corrected chi connectivity index (χ1v) is 8.47. The van der Waals surface area contributed by atoms with Crippen molar-refractivity contribution in [1.82, 2.24) is 5.32 Å². The molecule has 0 spiro atoms. The van der Waals surface area contributed by atoms with Crippen LogP contribution in [-0.4, -0.2) is 23.5 Å². The van der Waals surface area contributed by atoms with Crippen molar-refractivity contribution >= 4 is 46.7 Å². The van der Waals surface area contributed by atoms with Crippen LogP contribution in [0.2, 0.25) is 15.1 Å². The Bertz CT molecular complexity index is 763. The van der Waals surface area contributed by atoms with Gasteiger partial charge in [-0.15, -0.1) is 0 Å². The Morgan fingerprint density at radius 3 is 2.48 bits per heavy atom. The maximum absolute atomic E-state index is 12.4. The number of ether oxygens (including phenoxy) is 1. The predicted octanol–water partition coefficient (Wildman–Crippen LogP) is 2.78. The van der Waals surface area contributed by atoms with Gasteiger partial charge in [-0.25, -0.2) is 0 Å². The highest BCUT2D eigenvalue weighted by molar-refractivity contribution is 6.43. The number of allylic oxidation sites excluding steroid dienone is 2. The molecule has 1 amide bonds. The van der Waals surface area contributed by atoms with Crippen molar-refractivity contribution in [3.8, 4) is 5.75 Å². The van der Waals surface area contributed by atoms with E-state index in [1.165, 1.54) is 25.1 Å². The molecule has 8 heteroatoms. The second kappa shape index (κ2) is 7.68. The molecule has 0 saturated heterocycles. The molecule has 0 aliphatic heterocycles. The Morgan fingerprint density at radius 2 is 1.84 bits per heavy atom. The average molecular weight is 404 g/mol. The van der Waals surface area contributed by atoms with E-state index in [0.29, 0.717) is 0 Å². The van der Waals surface area contributed by atoms with Crippen LogP contribution in [0.1, 0.15) is 13.8 Å². The number of nitrogens with one attached hydrogen (secondary N) is 1. The van der Waals surface area contributed by atoms with Crippen LogP contribution in [0.4, 0.5) is 0 Å². The van der Waals surface area contributed by atoms with E-state index in [0.717, 1.165) is 0 Å². The topological polar surface area (TPSA) is 78.5 Å². The number of carbonyl (C=O) groups is 2. The average Bonchev–Trinajstić information content (AvgIpc) is 2.52. The van der Waals surface area contributed by atoms with Gasteiger partial charge < -0.3 is 20.0 Å². The Labute approximate surface area is 160 Å². The third-order valence-corrected chi connectivity index (χ3v) is 4.81. The second-order valence-corrected chi connectivity index (χ2v) is 6.99. The van der Waals surface area contributed by atoms with Gasteiger partial charge in [0, 0.05) is 12.0 Å². The first-order chi connectivity index (χ1) is 11.6. The first-order valence-electron chi connectivity index (χ1n) is 7.34. The maximum Gasteiger partial charge on any atom is 0.261 e. The zero-order chi connectivity index (χ0) is 18.8. The summed E-state index contributed by atoms with van der Waals surface area (Å²) < 4.78 is 5.53. The largest absolute Gasteiger partial charge is 0.549 e. The van der Waals surface area contributed by atoms with Gasteiger partial charge >= 0.3 is 0 Å². The van der Waals surface area contributed by atoms with E-state index in [4.69, 9.17) is 39.5 Å². The SMILES string of the molecule is CC(Oc1cc(Cl)c(Cl)cc1Cl)C(=O)NC1(C)C=CC=CC1C(=O)[O-]. The number of benzene rings is 1. The molecule has 0 bridgehead atoms. The molecule has 5 nitrogen and oxygen atoms in total. The van der Waals surface area contributed by atoms with Gasteiger partial charge in [0.25, 0.3) is 5.91 Å². The number of carbonyl (C=O) groups excluding carboxylic acids is 2. The third-order valence-electron chi connectivity index (χ3n) is 3.80. The van der Waals surface area contributed by atoms with Gasteiger partial charge in [-0.1, -0.05) is 59.1 Å². The summed E-state index contributed by atoms with van der Waals surface area (Å²) in [6, 6.07) is 2.82. The molecular formula is C17H15Cl3NO4-. The summed E-state index contributed by atoms with van der Waals surface area (Å²) in [6.07, 6.45) is 5.33. The summed E-state index contributed by atoms with van der Waals surface area (Å²) in [5.41, 5.74) is -1.14. The molecule has 0 aromatic heterocycles. The number of rotatable bonds is 5. The van der Waals surface area contributed by atoms with E-state index in [1.807, 2.05) is 0 Å². The molecule has 134 valence electrons. The van der Waals surface area contributed by atoms with E-state index in [2.05, 4.69) is 5.32 Å². The van der Waals surface area contributed by atoms with Crippen LogP contribution in [0.3, 0.4) is 0 Å². The van der Waals surface area contributed by atoms with E-state index in [-0.39, 0.29) is 20.8 Å². The molecule has 1 aromatic carbocycles. The quantitative estimate of drug-likeness (QED) is 0.767. The minimum atomic E-state index is -1.29. The number of aliphatic carboxylic acids is 1. The summed E-state index contributed by atoms with van der Waals surface area (Å²) in [5, 5.41) is 14.7. The van der Waals surface area contributed by atoms with Gasteiger partial charge in [-0.05, 0) is 19.9 Å². The van der Waals surface area contributed by atoms with Crippen LogP contribution in [0, 0.1) is 5.92 Å². The van der Waals surface area contributed by atoms with Gasteiger partial charge in [0.2, 0.25) is 0 Å². The van der Waals surface area contributed by atoms with E-state index in [9.17, 15) is 14.7 Å². The number of carboxylic acid groups (broad SMARTS) is 1. The summed E-state index contributed by atoms with van der Waals surface area (Å²) >= 11 is 17.8. The van der Waals surface area contributed by atoms with Crippen molar-refractivity contribution in [2.45, 2.75) is 25.5 Å². The molecule has 0 saturated carbocycles. The van der Waals surface area contributed by atoms with E-state index >= 15 is 0 Å². The fourth-order valence-electron chi connectivity index (χ4n) is 2.38. The second-order valence-electron chi connectivity index (χ2n) is 5.77. The highest BCUT2D eigenvalue weighted by atomic mass is 35.5. The van der Waals surface area contributed by atoms with E-state index in [1.54, 1.807) is 25.2 Å². The van der Waals surface area contributed by atoms with E-state index < -0.39 is 29.4 Å². The van der Waals surface area contributed by atoms with Crippen molar-refractivity contribution in [3.63, 3.8) is 0 Å². The third kappa shape index (κ3) is 4.48. The summed E-state index contributed by atoms with van der Waals surface area (Å²) in [4.78, 5) is 23.7. The molecule has 2 rings (SSSR count). The molecule has 0 heterocycles. The standard InChI is InChI=1S/C17H16Cl3NO4/c1-9(25-14-8-12(19)11(18)7-13(14)20)15(22)21-17(2)6-4-3-5-10(17)16(23)24/h3-10H,1-2H3,(H,21,22)(H,23,24)/p-1.